The third-order valence-corrected chi connectivity index (χ3v) is 6.46. The third-order valence-electron chi connectivity index (χ3n) is 6.46. The third kappa shape index (κ3) is 16.2. The van der Waals surface area contributed by atoms with E-state index in [2.05, 4.69) is 13.8 Å². The van der Waals surface area contributed by atoms with Crippen molar-refractivity contribution >= 4 is 0 Å². The van der Waals surface area contributed by atoms with Crippen molar-refractivity contribution in [2.24, 2.45) is 0 Å². The van der Waals surface area contributed by atoms with Gasteiger partial charge in [-0.05, 0) is 50.5 Å². The van der Waals surface area contributed by atoms with Gasteiger partial charge >= 0.3 is 0 Å². The summed E-state index contributed by atoms with van der Waals surface area (Å²) in [5.41, 5.74) is 1.63. The molecule has 178 valence electrons. The quantitative estimate of drug-likeness (QED) is 0.120. The number of unbranched alkanes of at least 4 members (excludes halogenated alkanes) is 14. The molecule has 2 nitrogen and oxygen atoms in total. The van der Waals surface area contributed by atoms with E-state index in [1.54, 1.807) is 5.57 Å². The van der Waals surface area contributed by atoms with Crippen LogP contribution in [0.15, 0.2) is 11.3 Å². The highest BCUT2D eigenvalue weighted by Crippen LogP contribution is 2.31. The molecule has 0 radical (unpaired) electrons. The molecule has 0 amide bonds. The predicted molar refractivity (Wildman–Crippen MR) is 132 cm³/mol. The predicted octanol–water partition coefficient (Wildman–Crippen LogP) is 9.52. The zero-order valence-electron chi connectivity index (χ0n) is 20.8. The molecular formula is C28H54O2. The molecule has 0 unspecified atom stereocenters. The van der Waals surface area contributed by atoms with E-state index >= 15 is 0 Å². The summed E-state index contributed by atoms with van der Waals surface area (Å²) in [6.07, 6.45) is 27.9. The van der Waals surface area contributed by atoms with Gasteiger partial charge in [-0.15, -0.1) is 0 Å². The molecule has 0 aromatic heterocycles. The Morgan fingerprint density at radius 2 is 1.03 bits per heavy atom. The van der Waals surface area contributed by atoms with Crippen LogP contribution in [0.1, 0.15) is 149 Å². The Balaban J connectivity index is 1.92. The van der Waals surface area contributed by atoms with Gasteiger partial charge < -0.3 is 9.47 Å². The van der Waals surface area contributed by atoms with Crippen LogP contribution in [0.5, 0.6) is 0 Å². The second-order valence-electron chi connectivity index (χ2n) is 9.39. The van der Waals surface area contributed by atoms with Gasteiger partial charge in [-0.2, -0.15) is 0 Å². The van der Waals surface area contributed by atoms with Gasteiger partial charge in [-0.25, -0.2) is 0 Å². The fourth-order valence-corrected chi connectivity index (χ4v) is 4.17. The van der Waals surface area contributed by atoms with E-state index in [0.717, 1.165) is 19.8 Å². The van der Waals surface area contributed by atoms with Gasteiger partial charge in [0.15, 0.2) is 0 Å². The lowest BCUT2D eigenvalue weighted by atomic mass is 9.90. The minimum absolute atomic E-state index is 0.947. The summed E-state index contributed by atoms with van der Waals surface area (Å²) < 4.78 is 12.0. The Hall–Kier alpha value is -0.500. The van der Waals surface area contributed by atoms with E-state index in [-0.39, 0.29) is 0 Å². The number of hydrogen-bond acceptors (Lipinski definition) is 2. The van der Waals surface area contributed by atoms with E-state index in [1.165, 1.54) is 141 Å². The molecule has 1 aliphatic rings. The topological polar surface area (TPSA) is 18.5 Å². The number of rotatable bonds is 23. The van der Waals surface area contributed by atoms with Gasteiger partial charge in [-0.1, -0.05) is 97.3 Å². The van der Waals surface area contributed by atoms with E-state index in [4.69, 9.17) is 9.47 Å². The van der Waals surface area contributed by atoms with Crippen molar-refractivity contribution in [2.75, 3.05) is 19.8 Å². The summed E-state index contributed by atoms with van der Waals surface area (Å²) in [5.74, 6) is 1.37. The average Bonchev–Trinajstić information content (AvgIpc) is 2.71. The molecular weight excluding hydrogens is 368 g/mol. The molecule has 1 saturated carbocycles. The van der Waals surface area contributed by atoms with Crippen molar-refractivity contribution in [3.63, 3.8) is 0 Å². The Labute approximate surface area is 189 Å². The van der Waals surface area contributed by atoms with Crippen molar-refractivity contribution < 1.29 is 9.47 Å². The molecule has 2 heteroatoms. The summed E-state index contributed by atoms with van der Waals surface area (Å²) in [7, 11) is 0. The Bertz CT molecular complexity index is 382. The first-order valence-electron chi connectivity index (χ1n) is 13.8. The van der Waals surface area contributed by atoms with E-state index in [9.17, 15) is 0 Å². The minimum atomic E-state index is 0.947. The van der Waals surface area contributed by atoms with E-state index in [0.29, 0.717) is 0 Å². The minimum Gasteiger partial charge on any atom is -0.498 e. The molecule has 0 aliphatic heterocycles. The molecule has 0 bridgehead atoms. The highest BCUT2D eigenvalue weighted by atomic mass is 16.5. The molecule has 0 N–H and O–H groups in total. The van der Waals surface area contributed by atoms with E-state index < -0.39 is 0 Å². The molecule has 0 heterocycles. The van der Waals surface area contributed by atoms with Crippen LogP contribution in [0.25, 0.3) is 0 Å². The van der Waals surface area contributed by atoms with Gasteiger partial charge in [0.25, 0.3) is 0 Å². The van der Waals surface area contributed by atoms with Crippen LogP contribution in [0.4, 0.5) is 0 Å². The Morgan fingerprint density at radius 3 is 1.53 bits per heavy atom. The van der Waals surface area contributed by atoms with Crippen molar-refractivity contribution in [3.05, 3.63) is 11.3 Å². The Kier molecular flexibility index (Phi) is 19.9. The first-order chi connectivity index (χ1) is 14.9. The molecule has 0 aromatic carbocycles. The first-order valence-corrected chi connectivity index (χ1v) is 13.8. The van der Waals surface area contributed by atoms with Gasteiger partial charge in [0, 0.05) is 19.6 Å². The molecule has 0 saturated heterocycles. The fourth-order valence-electron chi connectivity index (χ4n) is 4.17. The molecule has 0 aromatic rings. The van der Waals surface area contributed by atoms with Gasteiger partial charge in [0.05, 0.1) is 12.4 Å². The highest BCUT2D eigenvalue weighted by molar-refractivity contribution is 5.15. The highest BCUT2D eigenvalue weighted by Gasteiger charge is 2.15. The van der Waals surface area contributed by atoms with Crippen LogP contribution in [0.2, 0.25) is 0 Å². The SMILES string of the molecule is CCCCCCCCCOC(CCCCCCCOCCCCCCC)=C1CCC1. The number of hydrogen-bond donors (Lipinski definition) is 0. The summed E-state index contributed by atoms with van der Waals surface area (Å²) in [6, 6.07) is 0. The molecule has 30 heavy (non-hydrogen) atoms. The molecule has 1 aliphatic carbocycles. The van der Waals surface area contributed by atoms with Gasteiger partial charge in [0.2, 0.25) is 0 Å². The van der Waals surface area contributed by atoms with Gasteiger partial charge in [0.1, 0.15) is 0 Å². The maximum atomic E-state index is 6.24. The van der Waals surface area contributed by atoms with Crippen molar-refractivity contribution in [1.82, 2.24) is 0 Å². The summed E-state index contributed by atoms with van der Waals surface area (Å²) >= 11 is 0. The maximum Gasteiger partial charge on any atom is 0.0951 e. The molecule has 1 rings (SSSR count). The standard InChI is InChI=1S/C28H54O2/c1-3-5-7-9-10-15-19-26-30-28(27-21-20-22-27)23-16-12-11-14-18-25-29-24-17-13-8-6-4-2/h3-26H2,1-2H3. The summed E-state index contributed by atoms with van der Waals surface area (Å²) in [6.45, 7) is 7.44. The van der Waals surface area contributed by atoms with Crippen molar-refractivity contribution in [3.8, 4) is 0 Å². The largest absolute Gasteiger partial charge is 0.498 e. The molecule has 0 spiro atoms. The van der Waals surface area contributed by atoms with Gasteiger partial charge in [-0.3, -0.25) is 0 Å². The Morgan fingerprint density at radius 1 is 0.567 bits per heavy atom. The second kappa shape index (κ2) is 21.7. The van der Waals surface area contributed by atoms with Crippen LogP contribution < -0.4 is 0 Å². The average molecular weight is 423 g/mol. The lowest BCUT2D eigenvalue weighted by Gasteiger charge is -2.22. The first kappa shape index (κ1) is 27.5. The van der Waals surface area contributed by atoms with Crippen LogP contribution >= 0.6 is 0 Å². The number of ether oxygens (including phenoxy) is 2. The van der Waals surface area contributed by atoms with Crippen molar-refractivity contribution in [2.45, 2.75) is 149 Å². The lowest BCUT2D eigenvalue weighted by Crippen LogP contribution is -2.06. The summed E-state index contributed by atoms with van der Waals surface area (Å²) in [5, 5.41) is 0. The van der Waals surface area contributed by atoms with Crippen molar-refractivity contribution in [1.29, 1.82) is 0 Å². The van der Waals surface area contributed by atoms with E-state index in [1.807, 2.05) is 0 Å². The van der Waals surface area contributed by atoms with Crippen LogP contribution in [-0.2, 0) is 9.47 Å². The van der Waals surface area contributed by atoms with Crippen LogP contribution in [-0.4, -0.2) is 19.8 Å². The smallest absolute Gasteiger partial charge is 0.0951 e. The molecule has 0 atom stereocenters. The zero-order valence-corrected chi connectivity index (χ0v) is 20.8. The lowest BCUT2D eigenvalue weighted by molar-refractivity contribution is 0.125. The van der Waals surface area contributed by atoms with Crippen LogP contribution in [0, 0.1) is 0 Å². The maximum absolute atomic E-state index is 6.24. The summed E-state index contributed by atoms with van der Waals surface area (Å²) in [4.78, 5) is 0. The van der Waals surface area contributed by atoms with Crippen LogP contribution in [0.3, 0.4) is 0 Å². The zero-order chi connectivity index (χ0) is 21.5. The molecule has 1 fully saturated rings. The number of allylic oxidation sites excluding steroid dienone is 2. The monoisotopic (exact) mass is 422 g/mol. The second-order valence-corrected chi connectivity index (χ2v) is 9.39. The normalized spacial score (nSPS) is 13.5. The fraction of sp³-hybridized carbons (Fsp3) is 0.929.